The quantitative estimate of drug-likeness (QED) is 0.840. The number of carbonyl (C=O) groups is 1. The topological polar surface area (TPSA) is 59.7 Å². The molecule has 6 nitrogen and oxygen atoms in total. The molecule has 1 amide bonds. The molecule has 0 atom stereocenters. The summed E-state index contributed by atoms with van der Waals surface area (Å²) in [6.45, 7) is 2.58. The maximum atomic E-state index is 13.2. The number of carbonyl (C=O) groups excluding carboxylic acids is 1. The molecule has 0 aliphatic carbocycles. The molecule has 1 aliphatic rings. The van der Waals surface area contributed by atoms with Crippen LogP contribution in [0.5, 0.6) is 0 Å². The molecule has 0 saturated carbocycles. The van der Waals surface area contributed by atoms with Crippen molar-refractivity contribution in [2.75, 3.05) is 20.3 Å². The molecule has 0 radical (unpaired) electrons. The van der Waals surface area contributed by atoms with Crippen LogP contribution >= 0.6 is 0 Å². The highest BCUT2D eigenvalue weighted by Gasteiger charge is 2.36. The molecule has 130 valence electrons. The summed E-state index contributed by atoms with van der Waals surface area (Å²) in [6, 6.07) is 0.907. The SMILES string of the molecule is Cc1cc(C(F)(F)F)n2ncc(C(=O)N(C)C3CCOCC3)c2n1. The Morgan fingerprint density at radius 1 is 1.38 bits per heavy atom. The van der Waals surface area contributed by atoms with Gasteiger partial charge in [-0.05, 0) is 25.8 Å². The number of aromatic nitrogens is 3. The van der Waals surface area contributed by atoms with Gasteiger partial charge in [0.1, 0.15) is 11.3 Å². The lowest BCUT2D eigenvalue weighted by Crippen LogP contribution is -2.40. The lowest BCUT2D eigenvalue weighted by atomic mass is 10.1. The van der Waals surface area contributed by atoms with Crippen molar-refractivity contribution in [3.8, 4) is 0 Å². The van der Waals surface area contributed by atoms with E-state index in [1.54, 1.807) is 7.05 Å². The molecule has 1 fully saturated rings. The molecule has 2 aromatic rings. The van der Waals surface area contributed by atoms with E-state index in [1.165, 1.54) is 11.8 Å². The van der Waals surface area contributed by atoms with E-state index in [4.69, 9.17) is 4.74 Å². The van der Waals surface area contributed by atoms with Gasteiger partial charge in [-0.1, -0.05) is 0 Å². The zero-order valence-corrected chi connectivity index (χ0v) is 13.3. The lowest BCUT2D eigenvalue weighted by Gasteiger charge is -2.31. The molecule has 3 rings (SSSR count). The molecule has 2 aromatic heterocycles. The van der Waals surface area contributed by atoms with Gasteiger partial charge >= 0.3 is 6.18 Å². The van der Waals surface area contributed by atoms with E-state index >= 15 is 0 Å². The maximum Gasteiger partial charge on any atom is 0.433 e. The Kier molecular flexibility index (Phi) is 4.20. The number of hydrogen-bond donors (Lipinski definition) is 0. The van der Waals surface area contributed by atoms with Crippen molar-refractivity contribution in [3.63, 3.8) is 0 Å². The van der Waals surface area contributed by atoms with Crippen LogP contribution in [0.25, 0.3) is 5.65 Å². The molecule has 1 aliphatic heterocycles. The van der Waals surface area contributed by atoms with Gasteiger partial charge in [0.25, 0.3) is 5.91 Å². The monoisotopic (exact) mass is 342 g/mol. The number of ether oxygens (including phenoxy) is 1. The van der Waals surface area contributed by atoms with E-state index in [2.05, 4.69) is 10.1 Å². The van der Waals surface area contributed by atoms with Crippen LogP contribution in [0, 0.1) is 6.92 Å². The van der Waals surface area contributed by atoms with Gasteiger partial charge in [0.15, 0.2) is 5.65 Å². The van der Waals surface area contributed by atoms with E-state index in [1.807, 2.05) is 0 Å². The van der Waals surface area contributed by atoms with Crippen LogP contribution in [0.3, 0.4) is 0 Å². The first-order valence-electron chi connectivity index (χ1n) is 7.56. The standard InChI is InChI=1S/C15H17F3N4O2/c1-9-7-12(15(16,17)18)22-13(20-9)11(8-19-22)14(23)21(2)10-3-5-24-6-4-10/h7-8,10H,3-6H2,1-2H3. The number of amides is 1. The average molecular weight is 342 g/mol. The number of nitrogens with zero attached hydrogens (tertiary/aromatic N) is 4. The number of alkyl halides is 3. The highest BCUT2D eigenvalue weighted by molar-refractivity contribution is 5.99. The van der Waals surface area contributed by atoms with E-state index < -0.39 is 11.9 Å². The summed E-state index contributed by atoms with van der Waals surface area (Å²) in [6.07, 6.45) is -2.04. The third-order valence-electron chi connectivity index (χ3n) is 4.18. The Labute approximate surface area is 136 Å². The minimum Gasteiger partial charge on any atom is -0.381 e. The van der Waals surface area contributed by atoms with Gasteiger partial charge in [-0.2, -0.15) is 18.3 Å². The Bertz CT molecular complexity index is 766. The summed E-state index contributed by atoms with van der Waals surface area (Å²) in [5.74, 6) is -0.386. The minimum atomic E-state index is -4.58. The summed E-state index contributed by atoms with van der Waals surface area (Å²) >= 11 is 0. The number of halogens is 3. The van der Waals surface area contributed by atoms with E-state index in [-0.39, 0.29) is 28.9 Å². The van der Waals surface area contributed by atoms with Gasteiger partial charge in [-0.3, -0.25) is 4.79 Å². The molecule has 0 N–H and O–H groups in total. The number of aryl methyl sites for hydroxylation is 1. The van der Waals surface area contributed by atoms with Crippen LogP contribution in [-0.2, 0) is 10.9 Å². The minimum absolute atomic E-state index is 0.00639. The zero-order chi connectivity index (χ0) is 17.5. The summed E-state index contributed by atoms with van der Waals surface area (Å²) in [5, 5.41) is 3.74. The highest BCUT2D eigenvalue weighted by atomic mass is 19.4. The molecular weight excluding hydrogens is 325 g/mol. The third kappa shape index (κ3) is 2.95. The maximum absolute atomic E-state index is 13.2. The molecule has 0 unspecified atom stereocenters. The van der Waals surface area contributed by atoms with E-state index in [0.717, 1.165) is 12.3 Å². The van der Waals surface area contributed by atoms with Crippen LogP contribution in [0.2, 0.25) is 0 Å². The molecule has 24 heavy (non-hydrogen) atoms. The van der Waals surface area contributed by atoms with E-state index in [9.17, 15) is 18.0 Å². The van der Waals surface area contributed by atoms with Crippen LogP contribution in [0.1, 0.15) is 34.6 Å². The summed E-state index contributed by atoms with van der Waals surface area (Å²) < 4.78 is 45.4. The van der Waals surface area contributed by atoms with Gasteiger partial charge in [0.05, 0.1) is 6.20 Å². The molecule has 3 heterocycles. The third-order valence-corrected chi connectivity index (χ3v) is 4.18. The summed E-state index contributed by atoms with van der Waals surface area (Å²) in [4.78, 5) is 18.3. The van der Waals surface area contributed by atoms with Gasteiger partial charge < -0.3 is 9.64 Å². The summed E-state index contributed by atoms with van der Waals surface area (Å²) in [7, 11) is 1.64. The first-order chi connectivity index (χ1) is 11.3. The fourth-order valence-corrected chi connectivity index (χ4v) is 2.87. The Hall–Kier alpha value is -2.16. The van der Waals surface area contributed by atoms with E-state index in [0.29, 0.717) is 30.6 Å². The Morgan fingerprint density at radius 2 is 2.04 bits per heavy atom. The fraction of sp³-hybridized carbons (Fsp3) is 0.533. The number of fused-ring (bicyclic) bond motifs is 1. The van der Waals surface area contributed by atoms with Gasteiger partial charge in [-0.25, -0.2) is 9.50 Å². The second kappa shape index (κ2) is 6.04. The van der Waals surface area contributed by atoms with Gasteiger partial charge in [0, 0.05) is 32.0 Å². The predicted octanol–water partition coefficient (Wildman–Crippen LogP) is 2.31. The van der Waals surface area contributed by atoms with Crippen molar-refractivity contribution in [2.24, 2.45) is 0 Å². The Balaban J connectivity index is 2.01. The second-order valence-electron chi connectivity index (χ2n) is 5.83. The van der Waals surface area contributed by atoms with Gasteiger partial charge in [0.2, 0.25) is 0 Å². The van der Waals surface area contributed by atoms with Crippen molar-refractivity contribution in [3.05, 3.63) is 29.2 Å². The second-order valence-corrected chi connectivity index (χ2v) is 5.83. The number of rotatable bonds is 2. The molecular formula is C15H17F3N4O2. The number of hydrogen-bond acceptors (Lipinski definition) is 4. The smallest absolute Gasteiger partial charge is 0.381 e. The lowest BCUT2D eigenvalue weighted by molar-refractivity contribution is -0.142. The molecule has 0 spiro atoms. The fourth-order valence-electron chi connectivity index (χ4n) is 2.87. The molecule has 9 heteroatoms. The molecule has 0 bridgehead atoms. The van der Waals surface area contributed by atoms with Crippen molar-refractivity contribution in [1.29, 1.82) is 0 Å². The normalized spacial score (nSPS) is 16.5. The van der Waals surface area contributed by atoms with Crippen molar-refractivity contribution in [2.45, 2.75) is 32.0 Å². The van der Waals surface area contributed by atoms with Crippen LogP contribution in [0.4, 0.5) is 13.2 Å². The summed E-state index contributed by atoms with van der Waals surface area (Å²) in [5.41, 5.74) is -0.778. The largest absolute Gasteiger partial charge is 0.433 e. The van der Waals surface area contributed by atoms with Crippen LogP contribution in [0.15, 0.2) is 12.3 Å². The van der Waals surface area contributed by atoms with Gasteiger partial charge in [-0.15, -0.1) is 0 Å². The van der Waals surface area contributed by atoms with Crippen LogP contribution < -0.4 is 0 Å². The van der Waals surface area contributed by atoms with Crippen molar-refractivity contribution < 1.29 is 22.7 Å². The highest BCUT2D eigenvalue weighted by Crippen LogP contribution is 2.30. The average Bonchev–Trinajstić information content (AvgIpc) is 2.96. The molecule has 1 saturated heterocycles. The zero-order valence-electron chi connectivity index (χ0n) is 13.3. The van der Waals surface area contributed by atoms with Crippen molar-refractivity contribution in [1.82, 2.24) is 19.5 Å². The molecule has 0 aromatic carbocycles. The van der Waals surface area contributed by atoms with Crippen molar-refractivity contribution >= 4 is 11.6 Å². The van der Waals surface area contributed by atoms with Crippen LogP contribution in [-0.4, -0.2) is 51.7 Å². The predicted molar refractivity (Wildman–Crippen MR) is 78.7 cm³/mol. The first kappa shape index (κ1) is 16.7. The first-order valence-corrected chi connectivity index (χ1v) is 7.56. The Morgan fingerprint density at radius 3 is 2.67 bits per heavy atom.